The van der Waals surface area contributed by atoms with E-state index in [-0.39, 0.29) is 36.3 Å². The highest BCUT2D eigenvalue weighted by Gasteiger charge is 2.44. The van der Waals surface area contributed by atoms with Crippen LogP contribution in [0.3, 0.4) is 0 Å². The molecule has 0 unspecified atom stereocenters. The highest BCUT2D eigenvalue weighted by Crippen LogP contribution is 2.51. The molecule has 2 atom stereocenters. The van der Waals surface area contributed by atoms with Gasteiger partial charge >= 0.3 is 24.5 Å². The molecule has 1 aliphatic rings. The fourth-order valence-corrected chi connectivity index (χ4v) is 5.97. The minimum absolute atomic E-state index is 0.0119. The molecule has 8 nitrogen and oxygen atoms in total. The largest absolute Gasteiger partial charge is 0.493 e. The predicted octanol–water partition coefficient (Wildman–Crippen LogP) is 8.22. The number of carbonyl (C=O) groups is 2. The van der Waals surface area contributed by atoms with Gasteiger partial charge in [0.05, 0.1) is 56.8 Å². The molecule has 238 valence electrons. The average Bonchev–Trinajstić information content (AvgIpc) is 3.52. The summed E-state index contributed by atoms with van der Waals surface area (Å²) in [5, 5.41) is 1.77. The topological polar surface area (TPSA) is 77.5 Å². The van der Waals surface area contributed by atoms with Crippen LogP contribution in [-0.4, -0.2) is 45.0 Å². The van der Waals surface area contributed by atoms with Crippen LogP contribution >= 0.6 is 11.3 Å². The van der Waals surface area contributed by atoms with Crippen molar-refractivity contribution in [3.63, 3.8) is 0 Å². The van der Waals surface area contributed by atoms with Crippen LogP contribution in [-0.2, 0) is 28.4 Å². The van der Waals surface area contributed by atoms with Gasteiger partial charge in [-0.2, -0.15) is 26.3 Å². The second-order valence-electron chi connectivity index (χ2n) is 9.63. The quantitative estimate of drug-likeness (QED) is 0.241. The lowest BCUT2D eigenvalue weighted by Gasteiger charge is -2.43. The number of amides is 2. The third-order valence-corrected chi connectivity index (χ3v) is 8.00. The van der Waals surface area contributed by atoms with E-state index < -0.39 is 59.9 Å². The molecule has 1 aromatic heterocycles. The summed E-state index contributed by atoms with van der Waals surface area (Å²) in [4.78, 5) is 29.7. The number of ether oxygens (including phenoxy) is 4. The van der Waals surface area contributed by atoms with E-state index in [0.29, 0.717) is 22.6 Å². The van der Waals surface area contributed by atoms with Gasteiger partial charge in [0.1, 0.15) is 0 Å². The molecule has 0 spiro atoms. The average molecular weight is 647 g/mol. The van der Waals surface area contributed by atoms with Gasteiger partial charge in [-0.1, -0.05) is 6.07 Å². The van der Waals surface area contributed by atoms with Gasteiger partial charge in [0, 0.05) is 23.1 Å². The summed E-state index contributed by atoms with van der Waals surface area (Å²) < 4.78 is 103. The van der Waals surface area contributed by atoms with Crippen LogP contribution < -0.4 is 14.4 Å². The lowest BCUT2D eigenvalue weighted by molar-refractivity contribution is -0.143. The standard InChI is InChI=1S/C29H28F6N2O6S/c1-5-43-27(39)37-21-14-24(41-3)23(40-2)12-19(21)20(13-22(37)25-7-6-8-44-25)36(26(38)42-4)15-16-9-17(28(30,31)32)11-18(10-16)29(33,34)35/h6-12,14,20,22H,5,13,15H2,1-4H3/t20-,22-/m1/s1. The normalized spacial score (nSPS) is 16.6. The number of methoxy groups -OCH3 is 3. The third-order valence-electron chi connectivity index (χ3n) is 7.03. The molecule has 2 amide bonds. The van der Waals surface area contributed by atoms with E-state index in [1.54, 1.807) is 24.4 Å². The smallest absolute Gasteiger partial charge is 0.416 e. The molecule has 0 N–H and O–H groups in total. The van der Waals surface area contributed by atoms with Crippen molar-refractivity contribution in [2.24, 2.45) is 0 Å². The summed E-state index contributed by atoms with van der Waals surface area (Å²) in [5.41, 5.74) is -2.93. The van der Waals surface area contributed by atoms with Gasteiger partial charge < -0.3 is 18.9 Å². The van der Waals surface area contributed by atoms with Crippen LogP contribution in [0.25, 0.3) is 0 Å². The Morgan fingerprint density at radius 3 is 2.07 bits per heavy atom. The summed E-state index contributed by atoms with van der Waals surface area (Å²) >= 11 is 1.31. The van der Waals surface area contributed by atoms with Crippen molar-refractivity contribution in [3.05, 3.63) is 75.0 Å². The van der Waals surface area contributed by atoms with Crippen LogP contribution in [0.2, 0.25) is 0 Å². The fraction of sp³-hybridized carbons (Fsp3) is 0.379. The third kappa shape index (κ3) is 6.66. The molecular formula is C29H28F6N2O6S. The number of carbonyl (C=O) groups excluding carboxylic acids is 2. The Morgan fingerprint density at radius 2 is 1.57 bits per heavy atom. The maximum Gasteiger partial charge on any atom is 0.416 e. The Labute approximate surface area is 252 Å². The van der Waals surface area contributed by atoms with Crippen molar-refractivity contribution >= 4 is 29.2 Å². The monoisotopic (exact) mass is 646 g/mol. The molecule has 0 aliphatic carbocycles. The van der Waals surface area contributed by atoms with Crippen molar-refractivity contribution < 1.29 is 54.9 Å². The Bertz CT molecular complexity index is 1460. The lowest BCUT2D eigenvalue weighted by atomic mass is 9.88. The molecule has 0 saturated heterocycles. The van der Waals surface area contributed by atoms with Crippen molar-refractivity contribution in [3.8, 4) is 11.5 Å². The Balaban J connectivity index is 1.94. The Hall–Kier alpha value is -4.14. The van der Waals surface area contributed by atoms with Gasteiger partial charge in [-0.25, -0.2) is 9.59 Å². The number of hydrogen-bond acceptors (Lipinski definition) is 7. The Morgan fingerprint density at radius 1 is 0.955 bits per heavy atom. The van der Waals surface area contributed by atoms with Crippen LogP contribution in [0.4, 0.5) is 41.6 Å². The van der Waals surface area contributed by atoms with E-state index >= 15 is 0 Å². The zero-order valence-corrected chi connectivity index (χ0v) is 24.7. The molecule has 44 heavy (non-hydrogen) atoms. The molecular weight excluding hydrogens is 618 g/mol. The van der Waals surface area contributed by atoms with Gasteiger partial charge in [-0.15, -0.1) is 11.3 Å². The first kappa shape index (κ1) is 32.8. The van der Waals surface area contributed by atoms with Gasteiger partial charge in [-0.3, -0.25) is 9.80 Å². The molecule has 0 bridgehead atoms. The van der Waals surface area contributed by atoms with E-state index in [9.17, 15) is 35.9 Å². The van der Waals surface area contributed by atoms with Crippen LogP contribution in [0.1, 0.15) is 52.6 Å². The second-order valence-corrected chi connectivity index (χ2v) is 10.6. The molecule has 15 heteroatoms. The predicted molar refractivity (Wildman–Crippen MR) is 148 cm³/mol. The Kier molecular flexibility index (Phi) is 9.56. The minimum Gasteiger partial charge on any atom is -0.493 e. The van der Waals surface area contributed by atoms with Crippen molar-refractivity contribution in [2.75, 3.05) is 32.8 Å². The summed E-state index contributed by atoms with van der Waals surface area (Å²) in [6.45, 7) is 0.988. The molecule has 1 aliphatic heterocycles. The van der Waals surface area contributed by atoms with Crippen molar-refractivity contribution in [1.82, 2.24) is 4.90 Å². The fourth-order valence-electron chi connectivity index (χ4n) is 5.14. The van der Waals surface area contributed by atoms with Gasteiger partial charge in [0.25, 0.3) is 0 Å². The van der Waals surface area contributed by atoms with Crippen LogP contribution in [0.15, 0.2) is 47.8 Å². The van der Waals surface area contributed by atoms with Crippen LogP contribution in [0, 0.1) is 0 Å². The zero-order chi connectivity index (χ0) is 32.4. The first-order valence-corrected chi connectivity index (χ1v) is 14.0. The zero-order valence-electron chi connectivity index (χ0n) is 23.9. The van der Waals surface area contributed by atoms with E-state index in [1.165, 1.54) is 42.6 Å². The number of halogens is 6. The molecule has 2 heterocycles. The maximum atomic E-state index is 13.6. The maximum absolute atomic E-state index is 13.6. The van der Waals surface area contributed by atoms with E-state index in [0.717, 1.165) is 12.0 Å². The number of rotatable bonds is 7. The van der Waals surface area contributed by atoms with Crippen molar-refractivity contribution in [2.45, 2.75) is 44.3 Å². The van der Waals surface area contributed by atoms with Crippen LogP contribution in [0.5, 0.6) is 11.5 Å². The molecule has 0 saturated carbocycles. The second kappa shape index (κ2) is 12.8. The first-order valence-electron chi connectivity index (χ1n) is 13.1. The van der Waals surface area contributed by atoms with Gasteiger partial charge in [0.2, 0.25) is 0 Å². The van der Waals surface area contributed by atoms with E-state index in [1.807, 2.05) is 0 Å². The van der Waals surface area contributed by atoms with E-state index in [4.69, 9.17) is 18.9 Å². The summed E-state index contributed by atoms with van der Waals surface area (Å²) in [5.74, 6) is 0.432. The summed E-state index contributed by atoms with van der Waals surface area (Å²) in [6.07, 6.45) is -11.9. The number of alkyl halides is 6. The highest BCUT2D eigenvalue weighted by atomic mass is 32.1. The lowest BCUT2D eigenvalue weighted by Crippen LogP contribution is -2.44. The number of anilines is 1. The molecule has 2 aromatic carbocycles. The highest BCUT2D eigenvalue weighted by molar-refractivity contribution is 7.10. The molecule has 3 aromatic rings. The minimum atomic E-state index is -5.09. The number of benzene rings is 2. The number of thiophene rings is 1. The summed E-state index contributed by atoms with van der Waals surface area (Å²) in [6, 6.07) is 5.89. The summed E-state index contributed by atoms with van der Waals surface area (Å²) in [7, 11) is 3.78. The first-order chi connectivity index (χ1) is 20.7. The SMILES string of the molecule is CCOC(=O)N1c2cc(OC)c(OC)cc2[C@H](N(Cc2cc(C(F)(F)F)cc(C(F)(F)F)c2)C(=O)OC)C[C@@H]1c1cccs1. The number of hydrogen-bond donors (Lipinski definition) is 0. The van der Waals surface area contributed by atoms with Gasteiger partial charge in [-0.05, 0) is 54.6 Å². The van der Waals surface area contributed by atoms with Gasteiger partial charge in [0.15, 0.2) is 11.5 Å². The number of fused-ring (bicyclic) bond motifs is 1. The van der Waals surface area contributed by atoms with Crippen molar-refractivity contribution in [1.29, 1.82) is 0 Å². The molecule has 0 radical (unpaired) electrons. The number of nitrogens with zero attached hydrogens (tertiary/aromatic N) is 2. The van der Waals surface area contributed by atoms with E-state index in [2.05, 4.69) is 0 Å². The molecule has 4 rings (SSSR count). The molecule has 0 fully saturated rings.